The minimum absolute atomic E-state index is 0.0114. The molecule has 92 valence electrons. The third kappa shape index (κ3) is 2.78. The molecule has 1 saturated carbocycles. The predicted molar refractivity (Wildman–Crippen MR) is 57.3 cm³/mol. The number of amides is 1. The van der Waals surface area contributed by atoms with Crippen LogP contribution in [0.1, 0.15) is 18.9 Å². The number of hydrogen-bond donors (Lipinski definition) is 1. The van der Waals surface area contributed by atoms with E-state index in [1.165, 1.54) is 12.1 Å². The molecule has 0 aliphatic heterocycles. The van der Waals surface area contributed by atoms with Crippen molar-refractivity contribution in [3.63, 3.8) is 0 Å². The quantitative estimate of drug-likeness (QED) is 0.848. The Balaban J connectivity index is 2.01. The summed E-state index contributed by atoms with van der Waals surface area (Å²) < 4.78 is 36.9. The minimum Gasteiger partial charge on any atom is -0.326 e. The fraction of sp³-hybridized carbons (Fsp3) is 0.417. The lowest BCUT2D eigenvalue weighted by molar-refractivity contribution is -0.137. The van der Waals surface area contributed by atoms with Gasteiger partial charge in [0.05, 0.1) is 5.56 Å². The molecule has 0 radical (unpaired) electrons. The highest BCUT2D eigenvalue weighted by Gasteiger charge is 2.39. The van der Waals surface area contributed by atoms with Crippen LogP contribution in [0.3, 0.4) is 0 Å². The van der Waals surface area contributed by atoms with E-state index in [0.717, 1.165) is 18.6 Å². The summed E-state index contributed by atoms with van der Waals surface area (Å²) in [6, 6.07) is 4.47. The van der Waals surface area contributed by atoms with Gasteiger partial charge in [0.15, 0.2) is 0 Å². The Morgan fingerprint density at radius 3 is 2.24 bits per heavy atom. The third-order valence-corrected chi connectivity index (χ3v) is 2.93. The summed E-state index contributed by atoms with van der Waals surface area (Å²) in [5, 5.41) is 2.61. The molecule has 0 saturated heterocycles. The standard InChI is InChI=1S/C12H12F3NO/c1-7-6-10(7)11(17)16-9-4-2-8(3-5-9)12(13,14)15/h2-5,7,10H,6H2,1H3,(H,16,17). The number of carbonyl (C=O) groups is 1. The molecule has 1 amide bonds. The van der Waals surface area contributed by atoms with Crippen LogP contribution in [0.15, 0.2) is 24.3 Å². The molecule has 2 atom stereocenters. The second-order valence-corrected chi connectivity index (χ2v) is 4.38. The molecule has 1 aliphatic rings. The van der Waals surface area contributed by atoms with Crippen molar-refractivity contribution in [3.05, 3.63) is 29.8 Å². The maximum absolute atomic E-state index is 12.3. The number of carbonyl (C=O) groups excluding carboxylic acids is 1. The Labute approximate surface area is 96.8 Å². The molecule has 0 heterocycles. The van der Waals surface area contributed by atoms with Crippen molar-refractivity contribution < 1.29 is 18.0 Å². The maximum atomic E-state index is 12.3. The highest BCUT2D eigenvalue weighted by molar-refractivity contribution is 5.94. The number of rotatable bonds is 2. The summed E-state index contributed by atoms with van der Waals surface area (Å²) in [6.07, 6.45) is -3.49. The highest BCUT2D eigenvalue weighted by Crippen LogP contribution is 2.38. The Bertz CT molecular complexity index is 424. The zero-order valence-corrected chi connectivity index (χ0v) is 9.21. The number of alkyl halides is 3. The topological polar surface area (TPSA) is 29.1 Å². The van der Waals surface area contributed by atoms with Gasteiger partial charge in [-0.3, -0.25) is 4.79 Å². The smallest absolute Gasteiger partial charge is 0.326 e. The first-order chi connectivity index (χ1) is 7.88. The SMILES string of the molecule is CC1CC1C(=O)Nc1ccc(C(F)(F)F)cc1. The van der Waals surface area contributed by atoms with E-state index in [2.05, 4.69) is 5.32 Å². The second-order valence-electron chi connectivity index (χ2n) is 4.38. The van der Waals surface area contributed by atoms with Crippen LogP contribution in [-0.2, 0) is 11.0 Å². The molecular formula is C12H12F3NO. The molecular weight excluding hydrogens is 231 g/mol. The molecule has 2 nitrogen and oxygen atoms in total. The van der Waals surface area contributed by atoms with Crippen LogP contribution in [0.4, 0.5) is 18.9 Å². The highest BCUT2D eigenvalue weighted by atomic mass is 19.4. The Morgan fingerprint density at radius 2 is 1.82 bits per heavy atom. The molecule has 5 heteroatoms. The van der Waals surface area contributed by atoms with Gasteiger partial charge in [-0.2, -0.15) is 13.2 Å². The van der Waals surface area contributed by atoms with Gasteiger partial charge in [0.25, 0.3) is 0 Å². The van der Waals surface area contributed by atoms with E-state index in [0.29, 0.717) is 11.6 Å². The number of benzene rings is 1. The summed E-state index contributed by atoms with van der Waals surface area (Å²) in [6.45, 7) is 1.97. The van der Waals surface area contributed by atoms with Crippen LogP contribution in [0, 0.1) is 11.8 Å². The van der Waals surface area contributed by atoms with Gasteiger partial charge in [-0.05, 0) is 36.6 Å². The number of anilines is 1. The van der Waals surface area contributed by atoms with Crippen LogP contribution >= 0.6 is 0 Å². The van der Waals surface area contributed by atoms with Crippen LogP contribution in [0.25, 0.3) is 0 Å². The lowest BCUT2D eigenvalue weighted by Crippen LogP contribution is -2.14. The average Bonchev–Trinajstić information content (AvgIpc) is 2.95. The van der Waals surface area contributed by atoms with E-state index in [1.807, 2.05) is 6.92 Å². The second kappa shape index (κ2) is 4.05. The molecule has 0 aromatic heterocycles. The number of nitrogens with one attached hydrogen (secondary N) is 1. The zero-order valence-electron chi connectivity index (χ0n) is 9.21. The van der Waals surface area contributed by atoms with E-state index in [-0.39, 0.29) is 11.8 Å². The van der Waals surface area contributed by atoms with Gasteiger partial charge in [0.2, 0.25) is 5.91 Å². The van der Waals surface area contributed by atoms with Crippen LogP contribution in [0.5, 0.6) is 0 Å². The summed E-state index contributed by atoms with van der Waals surface area (Å²) in [5.74, 6) is 0.277. The largest absolute Gasteiger partial charge is 0.416 e. The minimum atomic E-state index is -4.34. The molecule has 0 spiro atoms. The monoisotopic (exact) mass is 243 g/mol. The zero-order chi connectivity index (χ0) is 12.6. The van der Waals surface area contributed by atoms with Crippen molar-refractivity contribution >= 4 is 11.6 Å². The van der Waals surface area contributed by atoms with Crippen LogP contribution in [0.2, 0.25) is 0 Å². The van der Waals surface area contributed by atoms with Crippen LogP contribution < -0.4 is 5.32 Å². The van der Waals surface area contributed by atoms with Crippen LogP contribution in [-0.4, -0.2) is 5.91 Å². The van der Waals surface area contributed by atoms with Gasteiger partial charge in [-0.25, -0.2) is 0 Å². The number of hydrogen-bond acceptors (Lipinski definition) is 1. The third-order valence-electron chi connectivity index (χ3n) is 2.93. The van der Waals surface area contributed by atoms with Crippen molar-refractivity contribution in [3.8, 4) is 0 Å². The first kappa shape index (κ1) is 12.0. The summed E-state index contributed by atoms with van der Waals surface area (Å²) in [4.78, 5) is 11.5. The molecule has 2 unspecified atom stereocenters. The molecule has 1 aromatic carbocycles. The summed E-state index contributed by atoms with van der Waals surface area (Å²) >= 11 is 0. The van der Waals surface area contributed by atoms with E-state index < -0.39 is 11.7 Å². The van der Waals surface area contributed by atoms with Gasteiger partial charge in [0, 0.05) is 11.6 Å². The molecule has 2 rings (SSSR count). The summed E-state index contributed by atoms with van der Waals surface area (Å²) in [5.41, 5.74) is -0.308. The maximum Gasteiger partial charge on any atom is 0.416 e. The Hall–Kier alpha value is -1.52. The van der Waals surface area contributed by atoms with Gasteiger partial charge < -0.3 is 5.32 Å². The predicted octanol–water partition coefficient (Wildman–Crippen LogP) is 3.30. The lowest BCUT2D eigenvalue weighted by Gasteiger charge is -2.08. The molecule has 0 bridgehead atoms. The van der Waals surface area contributed by atoms with Crippen molar-refractivity contribution in [1.82, 2.24) is 0 Å². The fourth-order valence-electron chi connectivity index (χ4n) is 1.66. The van der Waals surface area contributed by atoms with Crippen molar-refractivity contribution in [1.29, 1.82) is 0 Å². The van der Waals surface area contributed by atoms with Gasteiger partial charge in [0.1, 0.15) is 0 Å². The van der Waals surface area contributed by atoms with Gasteiger partial charge >= 0.3 is 6.18 Å². The molecule has 1 fully saturated rings. The van der Waals surface area contributed by atoms with Crippen molar-refractivity contribution in [2.75, 3.05) is 5.32 Å². The normalized spacial score (nSPS) is 23.3. The molecule has 1 N–H and O–H groups in total. The average molecular weight is 243 g/mol. The molecule has 17 heavy (non-hydrogen) atoms. The molecule has 1 aliphatic carbocycles. The summed E-state index contributed by atoms with van der Waals surface area (Å²) in [7, 11) is 0. The van der Waals surface area contributed by atoms with Gasteiger partial charge in [-0.15, -0.1) is 0 Å². The first-order valence-electron chi connectivity index (χ1n) is 5.36. The van der Waals surface area contributed by atoms with Gasteiger partial charge in [-0.1, -0.05) is 6.92 Å². The Morgan fingerprint density at radius 1 is 1.29 bits per heavy atom. The lowest BCUT2D eigenvalue weighted by atomic mass is 10.2. The van der Waals surface area contributed by atoms with Crippen molar-refractivity contribution in [2.24, 2.45) is 11.8 Å². The Kier molecular flexibility index (Phi) is 2.85. The first-order valence-corrected chi connectivity index (χ1v) is 5.36. The number of halogens is 3. The molecule has 1 aromatic rings. The fourth-order valence-corrected chi connectivity index (χ4v) is 1.66. The van der Waals surface area contributed by atoms with Crippen molar-refractivity contribution in [2.45, 2.75) is 19.5 Å². The van der Waals surface area contributed by atoms with E-state index in [1.54, 1.807) is 0 Å². The van der Waals surface area contributed by atoms with E-state index in [4.69, 9.17) is 0 Å². The van der Waals surface area contributed by atoms with E-state index >= 15 is 0 Å². The van der Waals surface area contributed by atoms with E-state index in [9.17, 15) is 18.0 Å².